The second-order valence-corrected chi connectivity index (χ2v) is 3.23. The molecule has 0 radical (unpaired) electrons. The molecule has 0 aliphatic rings. The van der Waals surface area contributed by atoms with E-state index < -0.39 is 10.9 Å². The Labute approximate surface area is 96.4 Å². The second kappa shape index (κ2) is 5.27. The fourth-order valence-corrected chi connectivity index (χ4v) is 1.18. The molecule has 0 heterocycles. The number of hydrogen-bond acceptors (Lipinski definition) is 4. The number of hydrogen-bond donors (Lipinski definition) is 0. The summed E-state index contributed by atoms with van der Waals surface area (Å²) in [5, 5.41) is 10.8. The van der Waals surface area contributed by atoms with Gasteiger partial charge in [0.15, 0.2) is 0 Å². The van der Waals surface area contributed by atoms with Gasteiger partial charge in [-0.05, 0) is 12.1 Å². The zero-order valence-electron chi connectivity index (χ0n) is 8.34. The van der Waals surface area contributed by atoms with Crippen molar-refractivity contribution in [2.75, 3.05) is 7.11 Å². The van der Waals surface area contributed by atoms with Crippen LogP contribution in [0.1, 0.15) is 5.56 Å². The van der Waals surface area contributed by atoms with Crippen LogP contribution < -0.4 is 0 Å². The zero-order chi connectivity index (χ0) is 12.1. The van der Waals surface area contributed by atoms with Crippen molar-refractivity contribution in [3.8, 4) is 0 Å². The molecule has 0 aromatic heterocycles. The summed E-state index contributed by atoms with van der Waals surface area (Å²) in [6, 6.07) is 3.97. The van der Waals surface area contributed by atoms with E-state index >= 15 is 0 Å². The van der Waals surface area contributed by atoms with Gasteiger partial charge >= 0.3 is 5.97 Å². The summed E-state index contributed by atoms with van der Waals surface area (Å²) >= 11 is 5.80. The summed E-state index contributed by atoms with van der Waals surface area (Å²) in [4.78, 5) is 20.8. The van der Waals surface area contributed by atoms with E-state index in [1.807, 2.05) is 0 Å². The van der Waals surface area contributed by atoms with Crippen LogP contribution in [-0.4, -0.2) is 18.0 Å². The van der Waals surface area contributed by atoms with E-state index in [2.05, 4.69) is 4.74 Å². The first-order valence-corrected chi connectivity index (χ1v) is 4.62. The minimum absolute atomic E-state index is 0.0890. The summed E-state index contributed by atoms with van der Waals surface area (Å²) < 4.78 is 4.39. The molecule has 0 spiro atoms. The maximum absolute atomic E-state index is 10.8. The predicted octanol–water partition coefficient (Wildman–Crippen LogP) is 2.43. The van der Waals surface area contributed by atoms with Crippen LogP contribution in [0.25, 0.3) is 6.08 Å². The van der Waals surface area contributed by atoms with Crippen LogP contribution in [0.15, 0.2) is 24.3 Å². The number of halogens is 1. The van der Waals surface area contributed by atoms with Crippen LogP contribution in [-0.2, 0) is 9.53 Å². The first-order chi connectivity index (χ1) is 7.54. The van der Waals surface area contributed by atoms with E-state index in [1.165, 1.54) is 31.4 Å². The molecule has 0 saturated carbocycles. The Balaban J connectivity index is 3.03. The van der Waals surface area contributed by atoms with Gasteiger partial charge in [0.1, 0.15) is 0 Å². The molecule has 0 fully saturated rings. The molecular weight excluding hydrogens is 234 g/mol. The van der Waals surface area contributed by atoms with Crippen LogP contribution in [0, 0.1) is 10.1 Å². The first-order valence-electron chi connectivity index (χ1n) is 4.24. The van der Waals surface area contributed by atoms with Gasteiger partial charge in [-0.2, -0.15) is 0 Å². The largest absolute Gasteiger partial charge is 0.466 e. The SMILES string of the molecule is COC(=O)C=Cc1cc([N+](=O)[O-])ccc1Cl. The van der Waals surface area contributed by atoms with Crippen molar-refractivity contribution in [1.82, 2.24) is 0 Å². The van der Waals surface area contributed by atoms with Crippen molar-refractivity contribution in [1.29, 1.82) is 0 Å². The number of nitro benzene ring substituents is 1. The summed E-state index contributed by atoms with van der Waals surface area (Å²) in [6.07, 6.45) is 2.51. The van der Waals surface area contributed by atoms with Crippen molar-refractivity contribution < 1.29 is 14.5 Å². The highest BCUT2D eigenvalue weighted by atomic mass is 35.5. The van der Waals surface area contributed by atoms with Gasteiger partial charge in [0, 0.05) is 28.8 Å². The Kier molecular flexibility index (Phi) is 4.02. The average molecular weight is 242 g/mol. The Morgan fingerprint density at radius 1 is 1.56 bits per heavy atom. The molecule has 0 aliphatic heterocycles. The van der Waals surface area contributed by atoms with Crippen LogP contribution in [0.3, 0.4) is 0 Å². The number of ether oxygens (including phenoxy) is 1. The Hall–Kier alpha value is -1.88. The summed E-state index contributed by atoms with van der Waals surface area (Å²) in [5.74, 6) is -0.553. The lowest BCUT2D eigenvalue weighted by molar-refractivity contribution is -0.384. The standard InChI is InChI=1S/C10H8ClNO4/c1-16-10(13)5-2-7-6-8(12(14)15)3-4-9(7)11/h2-6H,1H3. The lowest BCUT2D eigenvalue weighted by Gasteiger charge is -1.98. The molecule has 0 atom stereocenters. The molecule has 16 heavy (non-hydrogen) atoms. The monoisotopic (exact) mass is 241 g/mol. The molecule has 1 rings (SSSR count). The van der Waals surface area contributed by atoms with Crippen molar-refractivity contribution in [3.63, 3.8) is 0 Å². The maximum Gasteiger partial charge on any atom is 0.330 e. The van der Waals surface area contributed by atoms with Gasteiger partial charge in [-0.15, -0.1) is 0 Å². The lowest BCUT2D eigenvalue weighted by atomic mass is 10.2. The van der Waals surface area contributed by atoms with Gasteiger partial charge in [-0.3, -0.25) is 10.1 Å². The molecule has 1 aromatic carbocycles. The highest BCUT2D eigenvalue weighted by Gasteiger charge is 2.07. The molecule has 5 nitrogen and oxygen atoms in total. The van der Waals surface area contributed by atoms with Gasteiger partial charge in [0.2, 0.25) is 0 Å². The number of esters is 1. The second-order valence-electron chi connectivity index (χ2n) is 2.82. The molecule has 0 amide bonds. The van der Waals surface area contributed by atoms with E-state index in [0.29, 0.717) is 10.6 Å². The predicted molar refractivity (Wildman–Crippen MR) is 59.2 cm³/mol. The topological polar surface area (TPSA) is 69.4 Å². The Morgan fingerprint density at radius 3 is 2.81 bits per heavy atom. The molecule has 0 bridgehead atoms. The summed E-state index contributed by atoms with van der Waals surface area (Å²) in [5.41, 5.74) is 0.301. The maximum atomic E-state index is 10.8. The van der Waals surface area contributed by atoms with Crippen LogP contribution in [0.5, 0.6) is 0 Å². The third-order valence-corrected chi connectivity index (χ3v) is 2.13. The van der Waals surface area contributed by atoms with Crippen molar-refractivity contribution in [2.24, 2.45) is 0 Å². The van der Waals surface area contributed by atoms with Crippen LogP contribution in [0.4, 0.5) is 5.69 Å². The number of non-ortho nitro benzene ring substituents is 1. The molecule has 0 N–H and O–H groups in total. The zero-order valence-corrected chi connectivity index (χ0v) is 9.10. The van der Waals surface area contributed by atoms with Gasteiger partial charge < -0.3 is 4.74 Å². The minimum atomic E-state index is -0.553. The number of nitro groups is 1. The van der Waals surface area contributed by atoms with Gasteiger partial charge in [0.25, 0.3) is 5.69 Å². The van der Waals surface area contributed by atoms with E-state index in [9.17, 15) is 14.9 Å². The average Bonchev–Trinajstić information content (AvgIpc) is 2.27. The van der Waals surface area contributed by atoms with E-state index in [1.54, 1.807) is 0 Å². The molecule has 0 unspecified atom stereocenters. The van der Waals surface area contributed by atoms with Gasteiger partial charge in [-0.1, -0.05) is 11.6 Å². The van der Waals surface area contributed by atoms with E-state index in [-0.39, 0.29) is 5.69 Å². The Bertz CT molecular complexity index is 456. The number of carbonyl (C=O) groups is 1. The van der Waals surface area contributed by atoms with E-state index in [4.69, 9.17) is 11.6 Å². The first kappa shape index (κ1) is 12.2. The van der Waals surface area contributed by atoms with Crippen LogP contribution in [0.2, 0.25) is 5.02 Å². The molecule has 0 saturated heterocycles. The highest BCUT2D eigenvalue weighted by molar-refractivity contribution is 6.32. The lowest BCUT2D eigenvalue weighted by Crippen LogP contribution is -1.94. The van der Waals surface area contributed by atoms with E-state index in [0.717, 1.165) is 6.08 Å². The fraction of sp³-hybridized carbons (Fsp3) is 0.100. The van der Waals surface area contributed by atoms with Gasteiger partial charge in [-0.25, -0.2) is 4.79 Å². The Morgan fingerprint density at radius 2 is 2.25 bits per heavy atom. The molecule has 84 valence electrons. The number of methoxy groups -OCH3 is 1. The third-order valence-electron chi connectivity index (χ3n) is 1.79. The van der Waals surface area contributed by atoms with Crippen molar-refractivity contribution in [2.45, 2.75) is 0 Å². The smallest absolute Gasteiger partial charge is 0.330 e. The molecule has 0 aliphatic carbocycles. The molecule has 6 heteroatoms. The number of rotatable bonds is 3. The van der Waals surface area contributed by atoms with Crippen LogP contribution >= 0.6 is 11.6 Å². The quantitative estimate of drug-likeness (QED) is 0.353. The summed E-state index contributed by atoms with van der Waals surface area (Å²) in [6.45, 7) is 0. The molecular formula is C10H8ClNO4. The highest BCUT2D eigenvalue weighted by Crippen LogP contribution is 2.23. The number of nitrogens with zero attached hydrogens (tertiary/aromatic N) is 1. The van der Waals surface area contributed by atoms with Gasteiger partial charge in [0.05, 0.1) is 12.0 Å². The third kappa shape index (κ3) is 3.06. The number of benzene rings is 1. The summed E-state index contributed by atoms with van der Waals surface area (Å²) in [7, 11) is 1.24. The number of carbonyl (C=O) groups excluding carboxylic acids is 1. The minimum Gasteiger partial charge on any atom is -0.466 e. The fourth-order valence-electron chi connectivity index (χ4n) is 0.998. The van der Waals surface area contributed by atoms with Crippen molar-refractivity contribution >= 4 is 29.3 Å². The van der Waals surface area contributed by atoms with Crippen molar-refractivity contribution in [3.05, 3.63) is 45.0 Å². The molecule has 1 aromatic rings. The normalized spacial score (nSPS) is 10.4.